The van der Waals surface area contributed by atoms with E-state index in [9.17, 15) is 22.4 Å². The Balaban J connectivity index is 1.54. The first kappa shape index (κ1) is 33.2. The highest BCUT2D eigenvalue weighted by Gasteiger charge is 2.35. The fourth-order valence-corrected chi connectivity index (χ4v) is 7.28. The van der Waals surface area contributed by atoms with Gasteiger partial charge in [0.1, 0.15) is 18.4 Å². The highest BCUT2D eigenvalue weighted by molar-refractivity contribution is 7.92. The van der Waals surface area contributed by atoms with Crippen LogP contribution in [-0.4, -0.2) is 43.8 Å². The number of carbonyl (C=O) groups excluding carboxylic acids is 2. The van der Waals surface area contributed by atoms with Crippen molar-refractivity contribution in [3.05, 3.63) is 131 Å². The molecule has 0 unspecified atom stereocenters. The Hall–Kier alpha value is -4.21. The number of para-hydroxylation sites is 1. The van der Waals surface area contributed by atoms with E-state index in [2.05, 4.69) is 5.32 Å². The third-order valence-electron chi connectivity index (χ3n) is 8.21. The lowest BCUT2D eigenvalue weighted by atomic mass is 9.94. The zero-order valence-corrected chi connectivity index (χ0v) is 27.0. The van der Waals surface area contributed by atoms with Gasteiger partial charge in [0, 0.05) is 24.0 Å². The van der Waals surface area contributed by atoms with E-state index in [0.29, 0.717) is 16.3 Å². The second-order valence-electron chi connectivity index (χ2n) is 11.5. The molecule has 1 aliphatic carbocycles. The van der Waals surface area contributed by atoms with Crippen LogP contribution in [-0.2, 0) is 32.6 Å². The molecule has 0 aliphatic heterocycles. The fraction of sp³-hybridized carbons (Fsp3) is 0.278. The van der Waals surface area contributed by atoms with Crippen molar-refractivity contribution in [1.82, 2.24) is 10.2 Å². The first-order chi connectivity index (χ1) is 22.2. The van der Waals surface area contributed by atoms with Gasteiger partial charge in [-0.15, -0.1) is 0 Å². The van der Waals surface area contributed by atoms with E-state index in [1.54, 1.807) is 42.5 Å². The van der Waals surface area contributed by atoms with Gasteiger partial charge in [0.25, 0.3) is 10.0 Å². The quantitative estimate of drug-likeness (QED) is 0.182. The van der Waals surface area contributed by atoms with Crippen molar-refractivity contribution in [3.63, 3.8) is 0 Å². The number of amides is 2. The smallest absolute Gasteiger partial charge is 0.264 e. The topological polar surface area (TPSA) is 86.8 Å². The van der Waals surface area contributed by atoms with Crippen molar-refractivity contribution >= 4 is 39.1 Å². The van der Waals surface area contributed by atoms with E-state index in [0.717, 1.165) is 42.0 Å². The molecule has 5 rings (SSSR count). The minimum absolute atomic E-state index is 0.00611. The molecule has 0 bridgehead atoms. The Kier molecular flexibility index (Phi) is 11.1. The highest BCUT2D eigenvalue weighted by Crippen LogP contribution is 2.26. The summed E-state index contributed by atoms with van der Waals surface area (Å²) in [6.45, 7) is -0.601. The van der Waals surface area contributed by atoms with Crippen LogP contribution < -0.4 is 9.62 Å². The van der Waals surface area contributed by atoms with E-state index in [1.165, 1.54) is 41.3 Å². The Labute approximate surface area is 275 Å². The maximum atomic E-state index is 14.5. The molecule has 240 valence electrons. The van der Waals surface area contributed by atoms with Crippen molar-refractivity contribution in [1.29, 1.82) is 0 Å². The second kappa shape index (κ2) is 15.4. The minimum Gasteiger partial charge on any atom is -0.352 e. The number of benzene rings is 4. The van der Waals surface area contributed by atoms with Crippen LogP contribution in [0.15, 0.2) is 114 Å². The standard InChI is InChI=1S/C36H37ClFN3O4S/c37-29-18-22-33(23-19-29)46(44,45)41(32-14-8-3-9-15-32)26-35(42)40(25-28-16-20-30(38)21-17-28)34(24-27-10-4-1-5-11-27)36(43)39-31-12-6-2-7-13-31/h1,3-5,8-11,14-23,31,34H,2,6-7,12-13,24-26H2,(H,39,43)/t34-/m1/s1. The summed E-state index contributed by atoms with van der Waals surface area (Å²) in [6, 6.07) is 28.3. The van der Waals surface area contributed by atoms with Gasteiger partial charge in [0.2, 0.25) is 11.8 Å². The van der Waals surface area contributed by atoms with Crippen LogP contribution in [0.3, 0.4) is 0 Å². The van der Waals surface area contributed by atoms with Gasteiger partial charge >= 0.3 is 0 Å². The maximum absolute atomic E-state index is 14.5. The number of anilines is 1. The molecular formula is C36H37ClFN3O4S. The Morgan fingerprint density at radius 1 is 0.804 bits per heavy atom. The largest absolute Gasteiger partial charge is 0.352 e. The lowest BCUT2D eigenvalue weighted by Crippen LogP contribution is -2.55. The predicted molar refractivity (Wildman–Crippen MR) is 178 cm³/mol. The molecule has 1 atom stereocenters. The molecular weight excluding hydrogens is 625 g/mol. The monoisotopic (exact) mass is 661 g/mol. The molecule has 1 fully saturated rings. The summed E-state index contributed by atoms with van der Waals surface area (Å²) in [5.74, 6) is -1.31. The summed E-state index contributed by atoms with van der Waals surface area (Å²) in [5.41, 5.74) is 1.74. The Bertz CT molecular complexity index is 1700. The summed E-state index contributed by atoms with van der Waals surface area (Å²) in [4.78, 5) is 30.0. The number of nitrogens with zero attached hydrogens (tertiary/aromatic N) is 2. The average molecular weight is 662 g/mol. The summed E-state index contributed by atoms with van der Waals surface area (Å²) < 4.78 is 43.0. The average Bonchev–Trinajstić information content (AvgIpc) is 3.07. The minimum atomic E-state index is -4.23. The molecule has 0 aromatic heterocycles. The molecule has 0 radical (unpaired) electrons. The van der Waals surface area contributed by atoms with Gasteiger partial charge in [-0.05, 0) is 72.5 Å². The van der Waals surface area contributed by atoms with Crippen molar-refractivity contribution in [2.24, 2.45) is 0 Å². The SMILES string of the molecule is O=C(NC1CCCCC1)[C@@H](Cc1ccccc1)N(Cc1ccc(F)cc1)C(=O)CN(c1ccccc1)S(=O)(=O)c1ccc(Cl)cc1. The van der Waals surface area contributed by atoms with Gasteiger partial charge in [-0.1, -0.05) is 91.5 Å². The summed E-state index contributed by atoms with van der Waals surface area (Å²) in [5, 5.41) is 3.55. The molecule has 1 N–H and O–H groups in total. The summed E-state index contributed by atoms with van der Waals surface area (Å²) in [6.07, 6.45) is 5.07. The van der Waals surface area contributed by atoms with Crippen LogP contribution in [0.4, 0.5) is 10.1 Å². The van der Waals surface area contributed by atoms with Crippen LogP contribution in [0, 0.1) is 5.82 Å². The first-order valence-corrected chi connectivity index (χ1v) is 17.2. The highest BCUT2D eigenvalue weighted by atomic mass is 35.5. The number of sulfonamides is 1. The van der Waals surface area contributed by atoms with Crippen LogP contribution in [0.1, 0.15) is 43.2 Å². The molecule has 1 aliphatic rings. The molecule has 0 heterocycles. The number of rotatable bonds is 12. The van der Waals surface area contributed by atoms with E-state index >= 15 is 0 Å². The van der Waals surface area contributed by atoms with E-state index in [-0.39, 0.29) is 29.8 Å². The predicted octanol–water partition coefficient (Wildman–Crippen LogP) is 6.76. The van der Waals surface area contributed by atoms with Crippen LogP contribution >= 0.6 is 11.6 Å². The Morgan fingerprint density at radius 2 is 1.41 bits per heavy atom. The van der Waals surface area contributed by atoms with Crippen LogP contribution in [0.5, 0.6) is 0 Å². The number of nitrogens with one attached hydrogen (secondary N) is 1. The van der Waals surface area contributed by atoms with Crippen molar-refractivity contribution < 1.29 is 22.4 Å². The maximum Gasteiger partial charge on any atom is 0.264 e. The van der Waals surface area contributed by atoms with E-state index in [1.807, 2.05) is 30.3 Å². The lowest BCUT2D eigenvalue weighted by molar-refractivity contribution is -0.140. The summed E-state index contributed by atoms with van der Waals surface area (Å²) in [7, 11) is -4.23. The van der Waals surface area contributed by atoms with Crippen molar-refractivity contribution in [3.8, 4) is 0 Å². The van der Waals surface area contributed by atoms with Gasteiger partial charge in [-0.2, -0.15) is 0 Å². The molecule has 4 aromatic rings. The van der Waals surface area contributed by atoms with Crippen molar-refractivity contribution in [2.45, 2.75) is 62.0 Å². The second-order valence-corrected chi connectivity index (χ2v) is 13.8. The number of carbonyl (C=O) groups is 2. The van der Waals surface area contributed by atoms with Gasteiger partial charge in [0.05, 0.1) is 10.6 Å². The molecule has 0 saturated heterocycles. The number of hydrogen-bond acceptors (Lipinski definition) is 4. The first-order valence-electron chi connectivity index (χ1n) is 15.4. The number of halogens is 2. The van der Waals surface area contributed by atoms with Gasteiger partial charge < -0.3 is 10.2 Å². The normalized spacial score (nSPS) is 14.3. The molecule has 46 heavy (non-hydrogen) atoms. The molecule has 2 amide bonds. The lowest BCUT2D eigenvalue weighted by Gasteiger charge is -2.35. The van der Waals surface area contributed by atoms with E-state index < -0.39 is 34.3 Å². The molecule has 4 aromatic carbocycles. The number of hydrogen-bond donors (Lipinski definition) is 1. The van der Waals surface area contributed by atoms with Crippen LogP contribution in [0.25, 0.3) is 0 Å². The summed E-state index contributed by atoms with van der Waals surface area (Å²) >= 11 is 6.04. The fourth-order valence-electron chi connectivity index (χ4n) is 5.74. The molecule has 1 saturated carbocycles. The van der Waals surface area contributed by atoms with Crippen molar-refractivity contribution in [2.75, 3.05) is 10.8 Å². The molecule has 10 heteroatoms. The zero-order valence-electron chi connectivity index (χ0n) is 25.4. The zero-order chi connectivity index (χ0) is 32.5. The van der Waals surface area contributed by atoms with E-state index in [4.69, 9.17) is 11.6 Å². The third-order valence-corrected chi connectivity index (χ3v) is 10.3. The Morgan fingerprint density at radius 3 is 2.04 bits per heavy atom. The van der Waals surface area contributed by atoms with Gasteiger partial charge in [-0.25, -0.2) is 12.8 Å². The molecule has 7 nitrogen and oxygen atoms in total. The third kappa shape index (κ3) is 8.53. The van der Waals surface area contributed by atoms with Gasteiger partial charge in [-0.3, -0.25) is 13.9 Å². The molecule has 0 spiro atoms. The van der Waals surface area contributed by atoms with Crippen LogP contribution in [0.2, 0.25) is 5.02 Å². The van der Waals surface area contributed by atoms with Gasteiger partial charge in [0.15, 0.2) is 0 Å².